The number of nitrogens with zero attached hydrogens (tertiary/aromatic N) is 2. The SMILES string of the molecule is OC[C@@H](O)CNCc1ncon1. The first-order valence-electron chi connectivity index (χ1n) is 3.58. The van der Waals surface area contributed by atoms with Crippen molar-refractivity contribution in [1.29, 1.82) is 0 Å². The zero-order valence-corrected chi connectivity index (χ0v) is 6.47. The van der Waals surface area contributed by atoms with Crippen LogP contribution < -0.4 is 5.32 Å². The first-order valence-corrected chi connectivity index (χ1v) is 3.58. The van der Waals surface area contributed by atoms with Gasteiger partial charge in [0.2, 0.25) is 6.39 Å². The van der Waals surface area contributed by atoms with Gasteiger partial charge in [0.15, 0.2) is 5.82 Å². The molecule has 0 saturated heterocycles. The third-order valence-electron chi connectivity index (χ3n) is 1.28. The third kappa shape index (κ3) is 2.95. The topological polar surface area (TPSA) is 91.4 Å². The van der Waals surface area contributed by atoms with Gasteiger partial charge in [-0.15, -0.1) is 0 Å². The van der Waals surface area contributed by atoms with Crippen molar-refractivity contribution >= 4 is 0 Å². The minimum atomic E-state index is -0.739. The molecular weight excluding hydrogens is 162 g/mol. The first kappa shape index (κ1) is 9.11. The van der Waals surface area contributed by atoms with Crippen LogP contribution >= 0.6 is 0 Å². The second kappa shape index (κ2) is 4.81. The Labute approximate surface area is 69.2 Å². The lowest BCUT2D eigenvalue weighted by Gasteiger charge is -2.05. The molecule has 6 heteroatoms. The van der Waals surface area contributed by atoms with Crippen molar-refractivity contribution in [2.24, 2.45) is 0 Å². The van der Waals surface area contributed by atoms with E-state index in [4.69, 9.17) is 10.2 Å². The van der Waals surface area contributed by atoms with Crippen LogP contribution in [-0.2, 0) is 6.54 Å². The summed E-state index contributed by atoms with van der Waals surface area (Å²) in [6, 6.07) is 0. The minimum Gasteiger partial charge on any atom is -0.394 e. The maximum Gasteiger partial charge on any atom is 0.213 e. The molecule has 0 aromatic carbocycles. The van der Waals surface area contributed by atoms with E-state index in [9.17, 15) is 0 Å². The Kier molecular flexibility index (Phi) is 3.65. The quantitative estimate of drug-likeness (QED) is 0.502. The molecule has 3 N–H and O–H groups in total. The molecule has 0 unspecified atom stereocenters. The molecule has 12 heavy (non-hydrogen) atoms. The third-order valence-corrected chi connectivity index (χ3v) is 1.28. The van der Waals surface area contributed by atoms with E-state index in [1.54, 1.807) is 0 Å². The van der Waals surface area contributed by atoms with Gasteiger partial charge in [-0.05, 0) is 0 Å². The lowest BCUT2D eigenvalue weighted by Crippen LogP contribution is -2.29. The highest BCUT2D eigenvalue weighted by molar-refractivity contribution is 4.76. The summed E-state index contributed by atoms with van der Waals surface area (Å²) < 4.78 is 4.49. The Hall–Kier alpha value is -0.980. The standard InChI is InChI=1S/C6H11N3O3/c10-3-5(11)1-7-2-6-8-4-12-9-6/h4-5,7,10-11H,1-3H2/t5-/m0/s1. The monoisotopic (exact) mass is 173 g/mol. The number of aliphatic hydroxyl groups is 2. The molecule has 0 spiro atoms. The highest BCUT2D eigenvalue weighted by atomic mass is 16.5. The van der Waals surface area contributed by atoms with Crippen LogP contribution in [-0.4, -0.2) is 39.6 Å². The summed E-state index contributed by atoms with van der Waals surface area (Å²) in [5, 5.41) is 23.8. The fourth-order valence-electron chi connectivity index (χ4n) is 0.685. The van der Waals surface area contributed by atoms with Crippen molar-refractivity contribution in [3.63, 3.8) is 0 Å². The minimum absolute atomic E-state index is 0.251. The van der Waals surface area contributed by atoms with E-state index in [0.717, 1.165) is 0 Å². The number of nitrogens with one attached hydrogen (secondary N) is 1. The van der Waals surface area contributed by atoms with E-state index in [2.05, 4.69) is 20.0 Å². The van der Waals surface area contributed by atoms with Crippen LogP contribution in [0.4, 0.5) is 0 Å². The van der Waals surface area contributed by atoms with Gasteiger partial charge in [-0.1, -0.05) is 5.16 Å². The van der Waals surface area contributed by atoms with E-state index >= 15 is 0 Å². The molecule has 0 aliphatic heterocycles. The summed E-state index contributed by atoms with van der Waals surface area (Å²) in [6.45, 7) is 0.484. The molecular formula is C6H11N3O3. The molecule has 0 aliphatic rings. The molecule has 0 bridgehead atoms. The fraction of sp³-hybridized carbons (Fsp3) is 0.667. The maximum atomic E-state index is 8.91. The van der Waals surface area contributed by atoms with E-state index in [0.29, 0.717) is 18.9 Å². The zero-order chi connectivity index (χ0) is 8.81. The van der Waals surface area contributed by atoms with Crippen molar-refractivity contribution < 1.29 is 14.7 Å². The van der Waals surface area contributed by atoms with E-state index in [1.807, 2.05) is 0 Å². The van der Waals surface area contributed by atoms with Gasteiger partial charge in [0.1, 0.15) is 0 Å². The van der Waals surface area contributed by atoms with Crippen LogP contribution in [0, 0.1) is 0 Å². The Morgan fingerprint density at radius 3 is 3.08 bits per heavy atom. The van der Waals surface area contributed by atoms with Crippen LogP contribution in [0.25, 0.3) is 0 Å². The smallest absolute Gasteiger partial charge is 0.213 e. The Morgan fingerprint density at radius 2 is 2.50 bits per heavy atom. The average Bonchev–Trinajstić information content (AvgIpc) is 2.57. The lowest BCUT2D eigenvalue weighted by molar-refractivity contribution is 0.0940. The fourth-order valence-corrected chi connectivity index (χ4v) is 0.685. The van der Waals surface area contributed by atoms with Crippen LogP contribution in [0.1, 0.15) is 5.82 Å². The Bertz CT molecular complexity index is 202. The Morgan fingerprint density at radius 1 is 1.67 bits per heavy atom. The van der Waals surface area contributed by atoms with E-state index < -0.39 is 6.10 Å². The second-order valence-electron chi connectivity index (χ2n) is 2.31. The molecule has 1 rings (SSSR count). The number of aliphatic hydroxyl groups excluding tert-OH is 2. The largest absolute Gasteiger partial charge is 0.394 e. The van der Waals surface area contributed by atoms with Crippen molar-refractivity contribution in [2.45, 2.75) is 12.6 Å². The number of hydrogen-bond acceptors (Lipinski definition) is 6. The summed E-state index contributed by atoms with van der Waals surface area (Å²) in [7, 11) is 0. The predicted octanol–water partition coefficient (Wildman–Crippen LogP) is -1.49. The van der Waals surface area contributed by atoms with Crippen molar-refractivity contribution in [2.75, 3.05) is 13.2 Å². The molecule has 1 heterocycles. The summed E-state index contributed by atoms with van der Waals surface area (Å²) in [4.78, 5) is 3.75. The number of hydrogen-bond donors (Lipinski definition) is 3. The maximum absolute atomic E-state index is 8.91. The van der Waals surface area contributed by atoms with E-state index in [-0.39, 0.29) is 6.61 Å². The highest BCUT2D eigenvalue weighted by Crippen LogP contribution is 1.86. The van der Waals surface area contributed by atoms with Gasteiger partial charge in [-0.25, -0.2) is 0 Å². The van der Waals surface area contributed by atoms with Crippen LogP contribution in [0.2, 0.25) is 0 Å². The Balaban J connectivity index is 2.11. The van der Waals surface area contributed by atoms with Gasteiger partial charge >= 0.3 is 0 Å². The van der Waals surface area contributed by atoms with Crippen molar-refractivity contribution in [1.82, 2.24) is 15.5 Å². The summed E-state index contributed by atoms with van der Waals surface area (Å²) >= 11 is 0. The lowest BCUT2D eigenvalue weighted by atomic mass is 10.4. The van der Waals surface area contributed by atoms with Gasteiger partial charge in [-0.3, -0.25) is 0 Å². The predicted molar refractivity (Wildman–Crippen MR) is 39.1 cm³/mol. The molecule has 1 aromatic heterocycles. The molecule has 0 fully saturated rings. The molecule has 0 aliphatic carbocycles. The first-order chi connectivity index (χ1) is 5.83. The molecule has 0 radical (unpaired) electrons. The van der Waals surface area contributed by atoms with Gasteiger partial charge in [0.05, 0.1) is 19.3 Å². The number of aromatic nitrogens is 2. The van der Waals surface area contributed by atoms with Crippen LogP contribution in [0.5, 0.6) is 0 Å². The normalized spacial score (nSPS) is 13.2. The second-order valence-corrected chi connectivity index (χ2v) is 2.31. The van der Waals surface area contributed by atoms with Gasteiger partial charge < -0.3 is 20.1 Å². The molecule has 6 nitrogen and oxygen atoms in total. The summed E-state index contributed by atoms with van der Waals surface area (Å²) in [6.07, 6.45) is 0.497. The molecule has 0 saturated carbocycles. The van der Waals surface area contributed by atoms with Crippen LogP contribution in [0.3, 0.4) is 0 Å². The van der Waals surface area contributed by atoms with Crippen molar-refractivity contribution in [3.8, 4) is 0 Å². The van der Waals surface area contributed by atoms with Gasteiger partial charge in [0, 0.05) is 6.54 Å². The highest BCUT2D eigenvalue weighted by Gasteiger charge is 2.02. The molecule has 1 aromatic rings. The van der Waals surface area contributed by atoms with E-state index in [1.165, 1.54) is 6.39 Å². The van der Waals surface area contributed by atoms with Gasteiger partial charge in [-0.2, -0.15) is 4.98 Å². The van der Waals surface area contributed by atoms with Gasteiger partial charge in [0.25, 0.3) is 0 Å². The van der Waals surface area contributed by atoms with Crippen LogP contribution in [0.15, 0.2) is 10.9 Å². The average molecular weight is 173 g/mol. The molecule has 68 valence electrons. The summed E-state index contributed by atoms with van der Waals surface area (Å²) in [5.41, 5.74) is 0. The molecule has 0 amide bonds. The van der Waals surface area contributed by atoms with Crippen molar-refractivity contribution in [3.05, 3.63) is 12.2 Å². The zero-order valence-electron chi connectivity index (χ0n) is 6.47. The number of rotatable bonds is 5. The summed E-state index contributed by atoms with van der Waals surface area (Å²) in [5.74, 6) is 0.528. The molecule has 1 atom stereocenters.